The summed E-state index contributed by atoms with van der Waals surface area (Å²) >= 11 is 0. The van der Waals surface area contributed by atoms with Crippen LogP contribution in [0.2, 0.25) is 0 Å². The molecule has 0 aromatic carbocycles. The van der Waals surface area contributed by atoms with E-state index in [1.54, 1.807) is 17.0 Å². The van der Waals surface area contributed by atoms with E-state index in [-0.39, 0.29) is 11.6 Å². The van der Waals surface area contributed by atoms with Crippen LogP contribution in [0.15, 0.2) is 17.2 Å². The molecule has 1 fully saturated rings. The summed E-state index contributed by atoms with van der Waals surface area (Å²) in [7, 11) is 0. The Kier molecular flexibility index (Phi) is 4.27. The molecule has 0 bridgehead atoms. The van der Waals surface area contributed by atoms with Gasteiger partial charge in [0.25, 0.3) is 5.56 Å². The summed E-state index contributed by atoms with van der Waals surface area (Å²) in [5, 5.41) is 3.30. The molecule has 1 heterocycles. The minimum Gasteiger partial charge on any atom is -0.365 e. The highest BCUT2D eigenvalue weighted by Gasteiger charge is 2.31. The maximum absolute atomic E-state index is 12.2. The Morgan fingerprint density at radius 3 is 2.68 bits per heavy atom. The van der Waals surface area contributed by atoms with Gasteiger partial charge in [-0.3, -0.25) is 4.79 Å². The van der Waals surface area contributed by atoms with Crippen LogP contribution in [-0.2, 0) is 0 Å². The second-order valence-electron chi connectivity index (χ2n) is 6.00. The van der Waals surface area contributed by atoms with Crippen LogP contribution in [0.5, 0.6) is 0 Å². The first-order valence-electron chi connectivity index (χ1n) is 7.39. The second-order valence-corrected chi connectivity index (χ2v) is 6.00. The summed E-state index contributed by atoms with van der Waals surface area (Å²) < 4.78 is 1.72. The lowest BCUT2D eigenvalue weighted by molar-refractivity contribution is 0.306. The average molecular weight is 263 g/mol. The maximum atomic E-state index is 12.2. The number of aromatic nitrogens is 2. The zero-order valence-electron chi connectivity index (χ0n) is 12.3. The van der Waals surface area contributed by atoms with Crippen LogP contribution in [0.25, 0.3) is 0 Å². The Morgan fingerprint density at radius 2 is 2.11 bits per heavy atom. The minimum atomic E-state index is -0.0123. The van der Waals surface area contributed by atoms with Crippen molar-refractivity contribution < 1.29 is 0 Å². The molecule has 1 saturated carbocycles. The van der Waals surface area contributed by atoms with Gasteiger partial charge in [0.15, 0.2) is 5.82 Å². The van der Waals surface area contributed by atoms with Crippen LogP contribution in [0, 0.1) is 5.41 Å². The SMILES string of the molecule is CCC1(CNc2nccn(C(C)C)c2=O)CCCC1. The molecular weight excluding hydrogens is 238 g/mol. The summed E-state index contributed by atoms with van der Waals surface area (Å²) in [4.78, 5) is 16.4. The van der Waals surface area contributed by atoms with Crippen molar-refractivity contribution in [3.63, 3.8) is 0 Å². The molecule has 4 heteroatoms. The van der Waals surface area contributed by atoms with E-state index >= 15 is 0 Å². The average Bonchev–Trinajstić information content (AvgIpc) is 2.87. The predicted molar refractivity (Wildman–Crippen MR) is 78.6 cm³/mol. The van der Waals surface area contributed by atoms with E-state index in [1.807, 2.05) is 13.8 Å². The number of hydrogen-bond acceptors (Lipinski definition) is 3. The lowest BCUT2D eigenvalue weighted by Gasteiger charge is -2.27. The molecule has 1 aromatic heterocycles. The molecule has 4 nitrogen and oxygen atoms in total. The van der Waals surface area contributed by atoms with E-state index in [4.69, 9.17) is 0 Å². The van der Waals surface area contributed by atoms with E-state index in [2.05, 4.69) is 17.2 Å². The van der Waals surface area contributed by atoms with Crippen molar-refractivity contribution >= 4 is 5.82 Å². The summed E-state index contributed by atoms with van der Waals surface area (Å²) in [5.74, 6) is 0.496. The third-order valence-corrected chi connectivity index (χ3v) is 4.47. The van der Waals surface area contributed by atoms with Crippen molar-refractivity contribution in [1.82, 2.24) is 9.55 Å². The Labute approximate surface area is 115 Å². The third kappa shape index (κ3) is 2.99. The molecule has 1 aliphatic rings. The first kappa shape index (κ1) is 14.1. The van der Waals surface area contributed by atoms with Gasteiger partial charge in [-0.05, 0) is 38.5 Å². The zero-order chi connectivity index (χ0) is 13.9. The topological polar surface area (TPSA) is 46.9 Å². The molecular formula is C15H25N3O. The molecule has 0 amide bonds. The lowest BCUT2D eigenvalue weighted by atomic mass is 9.83. The molecule has 0 atom stereocenters. The minimum absolute atomic E-state index is 0.0123. The molecule has 0 radical (unpaired) electrons. The van der Waals surface area contributed by atoms with Crippen LogP contribution >= 0.6 is 0 Å². The van der Waals surface area contributed by atoms with Crippen LogP contribution in [0.1, 0.15) is 58.9 Å². The van der Waals surface area contributed by atoms with Gasteiger partial charge >= 0.3 is 0 Å². The first-order valence-corrected chi connectivity index (χ1v) is 7.39. The lowest BCUT2D eigenvalue weighted by Crippen LogP contribution is -2.31. The van der Waals surface area contributed by atoms with Gasteiger partial charge < -0.3 is 9.88 Å². The van der Waals surface area contributed by atoms with E-state index in [9.17, 15) is 4.79 Å². The molecule has 1 N–H and O–H groups in total. The molecule has 0 saturated heterocycles. The van der Waals surface area contributed by atoms with Gasteiger partial charge in [-0.15, -0.1) is 0 Å². The van der Waals surface area contributed by atoms with Crippen molar-refractivity contribution in [2.24, 2.45) is 5.41 Å². The fourth-order valence-electron chi connectivity index (χ4n) is 3.00. The molecule has 106 valence electrons. The second kappa shape index (κ2) is 5.76. The highest BCUT2D eigenvalue weighted by Crippen LogP contribution is 2.40. The molecule has 1 aliphatic carbocycles. The Hall–Kier alpha value is -1.32. The fraction of sp³-hybridized carbons (Fsp3) is 0.733. The Morgan fingerprint density at radius 1 is 1.42 bits per heavy atom. The van der Waals surface area contributed by atoms with E-state index in [0.29, 0.717) is 11.2 Å². The van der Waals surface area contributed by atoms with Gasteiger partial charge in [0.05, 0.1) is 0 Å². The van der Waals surface area contributed by atoms with Gasteiger partial charge in [0.1, 0.15) is 0 Å². The van der Waals surface area contributed by atoms with Crippen molar-refractivity contribution in [2.45, 2.75) is 58.9 Å². The van der Waals surface area contributed by atoms with Crippen molar-refractivity contribution in [1.29, 1.82) is 0 Å². The van der Waals surface area contributed by atoms with Gasteiger partial charge in [-0.25, -0.2) is 4.98 Å². The number of nitrogens with one attached hydrogen (secondary N) is 1. The van der Waals surface area contributed by atoms with Gasteiger partial charge in [0.2, 0.25) is 0 Å². The molecule has 19 heavy (non-hydrogen) atoms. The van der Waals surface area contributed by atoms with Gasteiger partial charge in [0, 0.05) is 25.0 Å². The van der Waals surface area contributed by atoms with E-state index in [0.717, 1.165) is 6.54 Å². The van der Waals surface area contributed by atoms with E-state index < -0.39 is 0 Å². The van der Waals surface area contributed by atoms with Crippen molar-refractivity contribution in [2.75, 3.05) is 11.9 Å². The number of rotatable bonds is 5. The molecule has 2 rings (SSSR count). The normalized spacial score (nSPS) is 17.9. The van der Waals surface area contributed by atoms with Crippen LogP contribution < -0.4 is 10.9 Å². The number of anilines is 1. The van der Waals surface area contributed by atoms with Crippen molar-refractivity contribution in [3.05, 3.63) is 22.7 Å². The monoisotopic (exact) mass is 263 g/mol. The smallest absolute Gasteiger partial charge is 0.293 e. The van der Waals surface area contributed by atoms with Gasteiger partial charge in [-0.1, -0.05) is 19.8 Å². The van der Waals surface area contributed by atoms with Crippen LogP contribution in [0.4, 0.5) is 5.82 Å². The summed E-state index contributed by atoms with van der Waals surface area (Å²) in [6.45, 7) is 7.14. The standard InChI is InChI=1S/C15H25N3O/c1-4-15(7-5-6-8-15)11-17-13-14(19)18(12(2)3)10-9-16-13/h9-10,12H,4-8,11H2,1-3H3,(H,16,17). The third-order valence-electron chi connectivity index (χ3n) is 4.47. The van der Waals surface area contributed by atoms with Gasteiger partial charge in [-0.2, -0.15) is 0 Å². The van der Waals surface area contributed by atoms with Crippen molar-refractivity contribution in [3.8, 4) is 0 Å². The Bertz CT molecular complexity index is 473. The Balaban J connectivity index is 2.11. The molecule has 0 aliphatic heterocycles. The number of hydrogen-bond donors (Lipinski definition) is 1. The molecule has 1 aromatic rings. The highest BCUT2D eigenvalue weighted by molar-refractivity contribution is 5.31. The van der Waals surface area contributed by atoms with Crippen LogP contribution in [0.3, 0.4) is 0 Å². The largest absolute Gasteiger partial charge is 0.365 e. The number of nitrogens with zero attached hydrogens (tertiary/aromatic N) is 2. The summed E-state index contributed by atoms with van der Waals surface area (Å²) in [5.41, 5.74) is 0.355. The highest BCUT2D eigenvalue weighted by atomic mass is 16.1. The van der Waals surface area contributed by atoms with E-state index in [1.165, 1.54) is 32.1 Å². The predicted octanol–water partition coefficient (Wildman–Crippen LogP) is 3.21. The quantitative estimate of drug-likeness (QED) is 0.887. The van der Waals surface area contributed by atoms with Crippen LogP contribution in [-0.4, -0.2) is 16.1 Å². The molecule has 0 unspecified atom stereocenters. The maximum Gasteiger partial charge on any atom is 0.293 e. The summed E-state index contributed by atoms with van der Waals surface area (Å²) in [6, 6.07) is 0.169. The zero-order valence-corrected chi connectivity index (χ0v) is 12.3. The fourth-order valence-corrected chi connectivity index (χ4v) is 3.00. The molecule has 0 spiro atoms. The summed E-state index contributed by atoms with van der Waals surface area (Å²) in [6.07, 6.45) is 9.79. The first-order chi connectivity index (χ1) is 9.08.